The van der Waals surface area contributed by atoms with Crippen molar-refractivity contribution in [3.8, 4) is 0 Å². The van der Waals surface area contributed by atoms with Gasteiger partial charge in [0.15, 0.2) is 0 Å². The monoisotopic (exact) mass is 344 g/mol. The third kappa shape index (κ3) is 2.18. The number of carbonyl (C=O) groups is 2. The minimum Gasteiger partial charge on any atom is -0.381 e. The second kappa shape index (κ2) is 5.42. The molecule has 0 N–H and O–H groups in total. The summed E-state index contributed by atoms with van der Waals surface area (Å²) < 4.78 is 13.1. The van der Waals surface area contributed by atoms with E-state index in [2.05, 4.69) is 5.16 Å². The Morgan fingerprint density at radius 1 is 1.08 bits per heavy atom. The van der Waals surface area contributed by atoms with Crippen LogP contribution < -0.4 is 4.90 Å². The van der Waals surface area contributed by atoms with E-state index in [9.17, 15) is 14.0 Å². The molecule has 0 saturated carbocycles. The van der Waals surface area contributed by atoms with Crippen molar-refractivity contribution in [1.29, 1.82) is 0 Å². The van der Waals surface area contributed by atoms with Crippen molar-refractivity contribution in [2.45, 2.75) is 6.10 Å². The number of halogens is 2. The molecule has 1 saturated heterocycles. The van der Waals surface area contributed by atoms with Gasteiger partial charge in [-0.3, -0.25) is 9.59 Å². The highest BCUT2D eigenvalue weighted by atomic mass is 35.5. The molecule has 2 aliphatic heterocycles. The van der Waals surface area contributed by atoms with E-state index in [1.807, 2.05) is 0 Å². The molecule has 2 atom stereocenters. The van der Waals surface area contributed by atoms with Crippen LogP contribution in [0.1, 0.15) is 5.56 Å². The molecule has 24 heavy (non-hydrogen) atoms. The lowest BCUT2D eigenvalue weighted by Crippen LogP contribution is -2.33. The maximum absolute atomic E-state index is 13.1. The van der Waals surface area contributed by atoms with Crippen LogP contribution in [0.25, 0.3) is 0 Å². The highest BCUT2D eigenvalue weighted by Gasteiger charge is 2.56. The molecular weight excluding hydrogens is 335 g/mol. The highest BCUT2D eigenvalue weighted by Crippen LogP contribution is 2.35. The lowest BCUT2D eigenvalue weighted by Gasteiger charge is -2.15. The molecule has 2 aliphatic rings. The van der Waals surface area contributed by atoms with Crippen LogP contribution in [0.2, 0.25) is 5.02 Å². The van der Waals surface area contributed by atoms with Crippen LogP contribution in [-0.2, 0) is 14.4 Å². The first-order chi connectivity index (χ1) is 11.6. The molecule has 0 radical (unpaired) electrons. The summed E-state index contributed by atoms with van der Waals surface area (Å²) in [5.41, 5.74) is 1.25. The number of rotatable bonds is 2. The molecule has 0 unspecified atom stereocenters. The average molecular weight is 345 g/mol. The van der Waals surface area contributed by atoms with E-state index >= 15 is 0 Å². The molecule has 0 bridgehead atoms. The molecule has 5 nitrogen and oxygen atoms in total. The summed E-state index contributed by atoms with van der Waals surface area (Å²) in [5, 5.41) is 4.28. The first kappa shape index (κ1) is 14.8. The fourth-order valence-electron chi connectivity index (χ4n) is 2.91. The minimum absolute atomic E-state index is 0.322. The predicted molar refractivity (Wildman–Crippen MR) is 85.2 cm³/mol. The van der Waals surface area contributed by atoms with Crippen molar-refractivity contribution >= 4 is 34.8 Å². The standard InChI is InChI=1S/C17H10ClFN2O3/c18-10-2-1-3-12(8-10)21-16(22)13-14(20-24-15(13)17(21)23)9-4-6-11(19)7-5-9/h1-8,13,15H/t13-,15-/m0/s1. The maximum Gasteiger partial charge on any atom is 0.278 e. The molecule has 4 rings (SSSR count). The van der Waals surface area contributed by atoms with Crippen LogP contribution in [-0.4, -0.2) is 23.6 Å². The quantitative estimate of drug-likeness (QED) is 0.787. The Labute approximate surface area is 141 Å². The zero-order valence-electron chi connectivity index (χ0n) is 12.1. The highest BCUT2D eigenvalue weighted by molar-refractivity contribution is 6.34. The van der Waals surface area contributed by atoms with Crippen LogP contribution >= 0.6 is 11.6 Å². The summed E-state index contributed by atoms with van der Waals surface area (Å²) in [5.74, 6) is -2.17. The van der Waals surface area contributed by atoms with Gasteiger partial charge in [0.1, 0.15) is 17.4 Å². The number of oxime groups is 1. The first-order valence-corrected chi connectivity index (χ1v) is 7.57. The van der Waals surface area contributed by atoms with Crippen LogP contribution in [0.3, 0.4) is 0 Å². The molecular formula is C17H10ClFN2O3. The Kier molecular flexibility index (Phi) is 3.35. The van der Waals surface area contributed by atoms with E-state index in [1.165, 1.54) is 30.3 Å². The Morgan fingerprint density at radius 2 is 1.83 bits per heavy atom. The molecule has 2 amide bonds. The van der Waals surface area contributed by atoms with Gasteiger partial charge in [0.25, 0.3) is 5.91 Å². The zero-order valence-corrected chi connectivity index (χ0v) is 12.9. The Hall–Kier alpha value is -2.73. The number of hydrogen-bond donors (Lipinski definition) is 0. The third-order valence-electron chi connectivity index (χ3n) is 4.02. The van der Waals surface area contributed by atoms with E-state index in [4.69, 9.17) is 16.4 Å². The fraction of sp³-hybridized carbons (Fsp3) is 0.118. The largest absolute Gasteiger partial charge is 0.381 e. The van der Waals surface area contributed by atoms with Crippen molar-refractivity contribution in [2.75, 3.05) is 4.90 Å². The van der Waals surface area contributed by atoms with Gasteiger partial charge in [0.2, 0.25) is 12.0 Å². The zero-order chi connectivity index (χ0) is 16.8. The minimum atomic E-state index is -1.00. The number of imide groups is 1. The van der Waals surface area contributed by atoms with Crippen molar-refractivity contribution in [3.63, 3.8) is 0 Å². The van der Waals surface area contributed by atoms with Crippen molar-refractivity contribution < 1.29 is 18.8 Å². The van der Waals surface area contributed by atoms with Crippen molar-refractivity contribution in [2.24, 2.45) is 11.1 Å². The number of amides is 2. The molecule has 1 fully saturated rings. The van der Waals surface area contributed by atoms with Crippen LogP contribution in [0, 0.1) is 11.7 Å². The van der Waals surface area contributed by atoms with Crippen LogP contribution in [0.15, 0.2) is 53.7 Å². The summed E-state index contributed by atoms with van der Waals surface area (Å²) in [4.78, 5) is 31.6. The molecule has 2 heterocycles. The lowest BCUT2D eigenvalue weighted by atomic mass is 9.94. The van der Waals surface area contributed by atoms with Gasteiger partial charge in [0, 0.05) is 10.6 Å². The summed E-state index contributed by atoms with van der Waals surface area (Å²) >= 11 is 5.94. The number of benzene rings is 2. The Morgan fingerprint density at radius 3 is 2.54 bits per heavy atom. The van der Waals surface area contributed by atoms with Crippen LogP contribution in [0.4, 0.5) is 10.1 Å². The molecule has 2 aromatic rings. The third-order valence-corrected chi connectivity index (χ3v) is 4.25. The molecule has 0 aliphatic carbocycles. The average Bonchev–Trinajstić information content (AvgIpc) is 3.09. The van der Waals surface area contributed by atoms with E-state index < -0.39 is 29.7 Å². The second-order valence-electron chi connectivity index (χ2n) is 5.48. The number of carbonyl (C=O) groups excluding carboxylic acids is 2. The first-order valence-electron chi connectivity index (χ1n) is 7.19. The lowest BCUT2D eigenvalue weighted by molar-refractivity contribution is -0.126. The van der Waals surface area contributed by atoms with Crippen LogP contribution in [0.5, 0.6) is 0 Å². The molecule has 0 aromatic heterocycles. The number of nitrogens with zero attached hydrogens (tertiary/aromatic N) is 2. The fourth-order valence-corrected chi connectivity index (χ4v) is 3.09. The normalized spacial score (nSPS) is 22.4. The van der Waals surface area contributed by atoms with Gasteiger partial charge in [-0.1, -0.05) is 35.0 Å². The maximum atomic E-state index is 13.1. The summed E-state index contributed by atoms with van der Waals surface area (Å²) in [6.07, 6.45) is -1.00. The van der Waals surface area contributed by atoms with Gasteiger partial charge in [-0.05, 0) is 30.3 Å². The summed E-state index contributed by atoms with van der Waals surface area (Å²) in [6.45, 7) is 0. The van der Waals surface area contributed by atoms with Crippen molar-refractivity contribution in [3.05, 3.63) is 64.9 Å². The van der Waals surface area contributed by atoms with Crippen molar-refractivity contribution in [1.82, 2.24) is 0 Å². The van der Waals surface area contributed by atoms with Gasteiger partial charge in [-0.25, -0.2) is 9.29 Å². The van der Waals surface area contributed by atoms with E-state index in [0.717, 1.165) is 4.90 Å². The molecule has 2 aromatic carbocycles. The van der Waals surface area contributed by atoms with Gasteiger partial charge in [-0.2, -0.15) is 0 Å². The van der Waals surface area contributed by atoms with E-state index in [-0.39, 0.29) is 0 Å². The van der Waals surface area contributed by atoms with Gasteiger partial charge >= 0.3 is 0 Å². The molecule has 120 valence electrons. The number of anilines is 1. The van der Waals surface area contributed by atoms with E-state index in [0.29, 0.717) is 22.0 Å². The number of fused-ring (bicyclic) bond motifs is 1. The second-order valence-corrected chi connectivity index (χ2v) is 5.92. The topological polar surface area (TPSA) is 59.0 Å². The Balaban J connectivity index is 1.71. The Bertz CT molecular complexity index is 882. The SMILES string of the molecule is O=C1[C@H]2C(c3ccc(F)cc3)=NO[C@@H]2C(=O)N1c1cccc(Cl)c1. The van der Waals surface area contributed by atoms with E-state index in [1.54, 1.807) is 18.2 Å². The predicted octanol–water partition coefficient (Wildman–Crippen LogP) is 2.77. The number of hydrogen-bond acceptors (Lipinski definition) is 4. The molecule has 0 spiro atoms. The van der Waals surface area contributed by atoms with Gasteiger partial charge in [-0.15, -0.1) is 0 Å². The summed E-state index contributed by atoms with van der Waals surface area (Å²) in [6, 6.07) is 12.0. The smallest absolute Gasteiger partial charge is 0.278 e. The molecule has 7 heteroatoms. The van der Waals surface area contributed by atoms with Gasteiger partial charge < -0.3 is 4.84 Å². The summed E-state index contributed by atoms with van der Waals surface area (Å²) in [7, 11) is 0. The van der Waals surface area contributed by atoms with Gasteiger partial charge in [0.05, 0.1) is 5.69 Å².